The van der Waals surface area contributed by atoms with Gasteiger partial charge in [0.1, 0.15) is 6.07 Å². The van der Waals surface area contributed by atoms with Gasteiger partial charge in [0.25, 0.3) is 0 Å². The van der Waals surface area contributed by atoms with E-state index in [-0.39, 0.29) is 0 Å². The lowest BCUT2D eigenvalue weighted by atomic mass is 10.2. The molecule has 1 aliphatic heterocycles. The van der Waals surface area contributed by atoms with Crippen molar-refractivity contribution in [2.24, 2.45) is 0 Å². The summed E-state index contributed by atoms with van der Waals surface area (Å²) in [6.45, 7) is 3.34. The van der Waals surface area contributed by atoms with Gasteiger partial charge in [-0.05, 0) is 18.2 Å². The van der Waals surface area contributed by atoms with Gasteiger partial charge in [-0.2, -0.15) is 5.26 Å². The molecule has 106 valence electrons. The van der Waals surface area contributed by atoms with Gasteiger partial charge in [0.15, 0.2) is 11.5 Å². The fraction of sp³-hybridized carbons (Fsp3) is 0.267. The van der Waals surface area contributed by atoms with E-state index < -0.39 is 0 Å². The molecular weight excluding hydrogens is 286 g/mol. The van der Waals surface area contributed by atoms with E-state index in [4.69, 9.17) is 16.9 Å². The Balaban J connectivity index is 1.72. The number of hydrogen-bond acceptors (Lipinski definition) is 5. The second-order valence-electron chi connectivity index (χ2n) is 4.79. The van der Waals surface area contributed by atoms with Crippen LogP contribution in [0.1, 0.15) is 5.69 Å². The summed E-state index contributed by atoms with van der Waals surface area (Å²) < 4.78 is 0. The molecule has 0 N–H and O–H groups in total. The van der Waals surface area contributed by atoms with Crippen LogP contribution in [0, 0.1) is 11.3 Å². The average molecular weight is 300 g/mol. The van der Waals surface area contributed by atoms with Gasteiger partial charge < -0.3 is 9.80 Å². The minimum Gasteiger partial charge on any atom is -0.368 e. The van der Waals surface area contributed by atoms with Crippen LogP contribution in [0.25, 0.3) is 0 Å². The number of benzene rings is 1. The van der Waals surface area contributed by atoms with Crippen molar-refractivity contribution in [3.8, 4) is 6.07 Å². The first kappa shape index (κ1) is 13.7. The maximum atomic E-state index is 9.11. The van der Waals surface area contributed by atoms with Gasteiger partial charge in [-0.15, -0.1) is 0 Å². The van der Waals surface area contributed by atoms with Crippen molar-refractivity contribution in [1.29, 1.82) is 5.26 Å². The smallest absolute Gasteiger partial charge is 0.183 e. The normalized spacial score (nSPS) is 14.9. The quantitative estimate of drug-likeness (QED) is 0.852. The molecule has 0 radical (unpaired) electrons. The summed E-state index contributed by atoms with van der Waals surface area (Å²) in [5.74, 6) is 0.672. The minimum absolute atomic E-state index is 0.383. The number of piperazine rings is 1. The van der Waals surface area contributed by atoms with E-state index in [0.717, 1.165) is 36.9 Å². The lowest BCUT2D eigenvalue weighted by Crippen LogP contribution is -2.47. The van der Waals surface area contributed by atoms with Crippen LogP contribution in [-0.4, -0.2) is 36.1 Å². The van der Waals surface area contributed by atoms with Crippen LogP contribution in [0.3, 0.4) is 0 Å². The number of nitriles is 1. The largest absolute Gasteiger partial charge is 0.368 e. The summed E-state index contributed by atoms with van der Waals surface area (Å²) in [6.07, 6.45) is 3.17. The minimum atomic E-state index is 0.383. The number of aromatic nitrogens is 2. The summed E-state index contributed by atoms with van der Waals surface area (Å²) in [4.78, 5) is 12.7. The van der Waals surface area contributed by atoms with Crippen LogP contribution >= 0.6 is 11.6 Å². The molecular formula is C15H14ClN5. The van der Waals surface area contributed by atoms with Crippen LogP contribution in [0.15, 0.2) is 36.7 Å². The van der Waals surface area contributed by atoms with Crippen LogP contribution in [-0.2, 0) is 0 Å². The maximum absolute atomic E-state index is 9.11. The molecule has 0 atom stereocenters. The first-order valence-corrected chi connectivity index (χ1v) is 7.12. The molecule has 21 heavy (non-hydrogen) atoms. The highest BCUT2D eigenvalue weighted by Gasteiger charge is 2.20. The Morgan fingerprint density at radius 3 is 2.48 bits per heavy atom. The third kappa shape index (κ3) is 2.91. The Hall–Kier alpha value is -2.32. The van der Waals surface area contributed by atoms with E-state index in [2.05, 4.69) is 31.9 Å². The molecule has 0 aliphatic carbocycles. The van der Waals surface area contributed by atoms with Gasteiger partial charge >= 0.3 is 0 Å². The van der Waals surface area contributed by atoms with Crippen molar-refractivity contribution in [2.45, 2.75) is 0 Å². The summed E-state index contributed by atoms with van der Waals surface area (Å²) in [5, 5.41) is 9.85. The molecule has 1 fully saturated rings. The van der Waals surface area contributed by atoms with E-state index in [0.29, 0.717) is 11.5 Å². The molecule has 0 unspecified atom stereocenters. The number of hydrogen-bond donors (Lipinski definition) is 0. The molecule has 1 aliphatic rings. The Morgan fingerprint density at radius 1 is 1.05 bits per heavy atom. The topological polar surface area (TPSA) is 56.1 Å². The fourth-order valence-corrected chi connectivity index (χ4v) is 2.67. The maximum Gasteiger partial charge on any atom is 0.183 e. The van der Waals surface area contributed by atoms with Gasteiger partial charge in [-0.25, -0.2) is 9.97 Å². The Bertz CT molecular complexity index is 674. The number of nitrogens with zero attached hydrogens (tertiary/aromatic N) is 5. The molecule has 1 saturated heterocycles. The summed E-state index contributed by atoms with van der Waals surface area (Å²) in [6, 6.07) is 9.96. The molecule has 2 heterocycles. The van der Waals surface area contributed by atoms with Gasteiger partial charge in [-0.1, -0.05) is 17.7 Å². The Morgan fingerprint density at radius 2 is 1.76 bits per heavy atom. The molecule has 2 aromatic rings. The van der Waals surface area contributed by atoms with Gasteiger partial charge in [0.05, 0.1) is 0 Å². The lowest BCUT2D eigenvalue weighted by molar-refractivity contribution is 0.645. The third-order valence-corrected chi connectivity index (χ3v) is 3.77. The summed E-state index contributed by atoms with van der Waals surface area (Å²) in [7, 11) is 0. The molecule has 1 aromatic heterocycles. The summed E-state index contributed by atoms with van der Waals surface area (Å²) >= 11 is 6.04. The van der Waals surface area contributed by atoms with E-state index in [1.165, 1.54) is 0 Å². The highest BCUT2D eigenvalue weighted by atomic mass is 35.5. The second kappa shape index (κ2) is 5.98. The van der Waals surface area contributed by atoms with Crippen molar-refractivity contribution >= 4 is 23.1 Å². The lowest BCUT2D eigenvalue weighted by Gasteiger charge is -2.36. The monoisotopic (exact) mass is 299 g/mol. The van der Waals surface area contributed by atoms with Crippen molar-refractivity contribution in [3.63, 3.8) is 0 Å². The SMILES string of the molecule is N#Cc1nccnc1N1CCN(c2cccc(Cl)c2)CC1. The number of anilines is 2. The van der Waals surface area contributed by atoms with Crippen molar-refractivity contribution < 1.29 is 0 Å². The molecule has 5 nitrogen and oxygen atoms in total. The van der Waals surface area contributed by atoms with Crippen molar-refractivity contribution in [1.82, 2.24) is 9.97 Å². The Labute approximate surface area is 128 Å². The van der Waals surface area contributed by atoms with E-state index in [1.807, 2.05) is 18.2 Å². The molecule has 0 amide bonds. The van der Waals surface area contributed by atoms with Gasteiger partial charge in [0.2, 0.25) is 0 Å². The predicted octanol–water partition coefficient (Wildman–Crippen LogP) is 2.33. The molecule has 0 bridgehead atoms. The summed E-state index contributed by atoms with van der Waals surface area (Å²) in [5.41, 5.74) is 1.51. The molecule has 0 spiro atoms. The van der Waals surface area contributed by atoms with E-state index in [1.54, 1.807) is 12.4 Å². The third-order valence-electron chi connectivity index (χ3n) is 3.54. The molecule has 1 aromatic carbocycles. The zero-order chi connectivity index (χ0) is 14.7. The van der Waals surface area contributed by atoms with Crippen LogP contribution in [0.4, 0.5) is 11.5 Å². The van der Waals surface area contributed by atoms with E-state index >= 15 is 0 Å². The van der Waals surface area contributed by atoms with Crippen LogP contribution in [0.5, 0.6) is 0 Å². The first-order valence-electron chi connectivity index (χ1n) is 6.74. The van der Waals surface area contributed by atoms with Crippen LogP contribution < -0.4 is 9.80 Å². The average Bonchev–Trinajstić information content (AvgIpc) is 2.55. The van der Waals surface area contributed by atoms with Crippen LogP contribution in [0.2, 0.25) is 5.02 Å². The molecule has 0 saturated carbocycles. The Kier molecular flexibility index (Phi) is 3.89. The standard InChI is InChI=1S/C15H14ClN5/c16-12-2-1-3-13(10-12)20-6-8-21(9-7-20)15-14(11-17)18-4-5-19-15/h1-5,10H,6-9H2. The zero-order valence-corrected chi connectivity index (χ0v) is 12.2. The van der Waals surface area contributed by atoms with Crippen molar-refractivity contribution in [3.05, 3.63) is 47.4 Å². The van der Waals surface area contributed by atoms with E-state index in [9.17, 15) is 0 Å². The first-order chi connectivity index (χ1) is 10.3. The van der Waals surface area contributed by atoms with Gasteiger partial charge in [0, 0.05) is 49.3 Å². The highest BCUT2D eigenvalue weighted by Crippen LogP contribution is 2.22. The highest BCUT2D eigenvalue weighted by molar-refractivity contribution is 6.30. The zero-order valence-electron chi connectivity index (χ0n) is 11.4. The fourth-order valence-electron chi connectivity index (χ4n) is 2.49. The number of halogens is 1. The number of rotatable bonds is 2. The predicted molar refractivity (Wildman–Crippen MR) is 82.6 cm³/mol. The van der Waals surface area contributed by atoms with Crippen molar-refractivity contribution in [2.75, 3.05) is 36.0 Å². The second-order valence-corrected chi connectivity index (χ2v) is 5.23. The molecule has 3 rings (SSSR count). The van der Waals surface area contributed by atoms with Gasteiger partial charge in [-0.3, -0.25) is 0 Å². The molecule has 6 heteroatoms.